The quantitative estimate of drug-likeness (QED) is 0.712. The van der Waals surface area contributed by atoms with Gasteiger partial charge in [-0.1, -0.05) is 0 Å². The van der Waals surface area contributed by atoms with Crippen LogP contribution in [0.15, 0.2) is 24.7 Å². The Balaban J connectivity index is 1.80. The van der Waals surface area contributed by atoms with Crippen LogP contribution >= 0.6 is 0 Å². The van der Waals surface area contributed by atoms with E-state index in [9.17, 15) is 9.59 Å². The number of nitrogens with zero attached hydrogens (tertiary/aromatic N) is 4. The van der Waals surface area contributed by atoms with Crippen molar-refractivity contribution >= 4 is 23.4 Å². The van der Waals surface area contributed by atoms with Gasteiger partial charge in [-0.25, -0.2) is 9.97 Å². The van der Waals surface area contributed by atoms with E-state index in [2.05, 4.69) is 25.6 Å². The largest absolute Gasteiger partial charge is 0.480 e. The minimum absolute atomic E-state index is 0.0544. The van der Waals surface area contributed by atoms with Crippen molar-refractivity contribution in [1.82, 2.24) is 15.0 Å². The fraction of sp³-hybridized carbons (Fsp3) is 0.294. The number of carbonyl (C=O) groups is 2. The average molecular weight is 352 g/mol. The van der Waals surface area contributed by atoms with Crippen molar-refractivity contribution in [3.8, 4) is 17.3 Å². The molecule has 0 aromatic carbocycles. The second-order valence-corrected chi connectivity index (χ2v) is 5.99. The lowest BCUT2D eigenvalue weighted by atomic mass is 10.1. The molecule has 26 heavy (non-hydrogen) atoms. The first-order valence-corrected chi connectivity index (χ1v) is 8.00. The average Bonchev–Trinajstić information content (AvgIpc) is 3.47. The lowest BCUT2D eigenvalue weighted by Crippen LogP contribution is -2.26. The molecule has 0 radical (unpaired) electrons. The number of carbonyl (C=O) groups excluding carboxylic acids is 1. The zero-order valence-corrected chi connectivity index (χ0v) is 13.9. The minimum atomic E-state index is -1.05. The molecule has 1 saturated carbocycles. The molecule has 9 nitrogen and oxygen atoms in total. The van der Waals surface area contributed by atoms with Crippen molar-refractivity contribution in [2.24, 2.45) is 5.92 Å². The lowest BCUT2D eigenvalue weighted by molar-refractivity contribution is -0.137. The Morgan fingerprint density at radius 2 is 2.04 bits per heavy atom. The highest BCUT2D eigenvalue weighted by atomic mass is 16.4. The topological polar surface area (TPSA) is 141 Å². The van der Waals surface area contributed by atoms with Gasteiger partial charge in [0.05, 0.1) is 23.8 Å². The van der Waals surface area contributed by atoms with Gasteiger partial charge >= 0.3 is 5.97 Å². The minimum Gasteiger partial charge on any atom is -0.480 e. The smallest absolute Gasteiger partial charge is 0.325 e. The van der Waals surface area contributed by atoms with Gasteiger partial charge in [0.1, 0.15) is 12.1 Å². The van der Waals surface area contributed by atoms with E-state index in [1.54, 1.807) is 6.07 Å². The summed E-state index contributed by atoms with van der Waals surface area (Å²) in [6.45, 7) is 1.47. The van der Waals surface area contributed by atoms with Crippen LogP contribution in [0.2, 0.25) is 0 Å². The molecular weight excluding hydrogens is 336 g/mol. The zero-order valence-electron chi connectivity index (χ0n) is 13.9. The number of hydrogen-bond donors (Lipinski definition) is 3. The summed E-state index contributed by atoms with van der Waals surface area (Å²) < 4.78 is 0. The molecular formula is C17H16N6O3. The Hall–Kier alpha value is -3.54. The summed E-state index contributed by atoms with van der Waals surface area (Å²) in [6.07, 6.45) is 6.19. The lowest BCUT2D eigenvalue weighted by Gasteiger charge is -2.13. The van der Waals surface area contributed by atoms with E-state index in [-0.39, 0.29) is 17.5 Å². The molecule has 1 unspecified atom stereocenters. The monoisotopic (exact) mass is 352 g/mol. The van der Waals surface area contributed by atoms with Crippen LogP contribution in [-0.4, -0.2) is 38.0 Å². The van der Waals surface area contributed by atoms with E-state index >= 15 is 0 Å². The fourth-order valence-electron chi connectivity index (χ4n) is 2.21. The van der Waals surface area contributed by atoms with Crippen LogP contribution in [-0.2, 0) is 9.59 Å². The molecule has 2 aromatic rings. The van der Waals surface area contributed by atoms with Gasteiger partial charge in [0.25, 0.3) is 0 Å². The zero-order chi connectivity index (χ0) is 18.7. The SMILES string of the molecule is CC(Nc1cc(-c2cnc(NC(=O)C3CC3)cn2)cnc1C#N)C(=O)O. The number of hydrogen-bond acceptors (Lipinski definition) is 7. The first-order valence-electron chi connectivity index (χ1n) is 8.00. The number of anilines is 2. The van der Waals surface area contributed by atoms with Crippen LogP contribution in [0, 0.1) is 17.2 Å². The molecule has 1 atom stereocenters. The summed E-state index contributed by atoms with van der Waals surface area (Å²) in [6, 6.07) is 2.63. The van der Waals surface area contributed by atoms with E-state index < -0.39 is 12.0 Å². The van der Waals surface area contributed by atoms with E-state index in [4.69, 9.17) is 10.4 Å². The summed E-state index contributed by atoms with van der Waals surface area (Å²) in [7, 11) is 0. The molecule has 0 aliphatic heterocycles. The molecule has 3 rings (SSSR count). The molecule has 3 N–H and O–H groups in total. The molecule has 132 valence electrons. The molecule has 0 saturated heterocycles. The molecule has 2 aromatic heterocycles. The second-order valence-electron chi connectivity index (χ2n) is 5.99. The molecule has 9 heteroatoms. The summed E-state index contributed by atoms with van der Waals surface area (Å²) in [4.78, 5) is 35.2. The number of carboxylic acid groups (broad SMARTS) is 1. The Labute approximate surface area is 149 Å². The molecule has 2 heterocycles. The molecule has 1 fully saturated rings. The Bertz CT molecular complexity index is 886. The van der Waals surface area contributed by atoms with Crippen LogP contribution in [0.1, 0.15) is 25.5 Å². The van der Waals surface area contributed by atoms with Crippen molar-refractivity contribution < 1.29 is 14.7 Å². The van der Waals surface area contributed by atoms with Gasteiger partial charge in [0.2, 0.25) is 5.91 Å². The van der Waals surface area contributed by atoms with Crippen molar-refractivity contribution in [2.45, 2.75) is 25.8 Å². The number of aromatic nitrogens is 3. The maximum Gasteiger partial charge on any atom is 0.325 e. The number of aliphatic carboxylic acids is 1. The number of nitrogens with one attached hydrogen (secondary N) is 2. The summed E-state index contributed by atoms with van der Waals surface area (Å²) in [5.74, 6) is -0.662. The highest BCUT2D eigenvalue weighted by Crippen LogP contribution is 2.30. The highest BCUT2D eigenvalue weighted by molar-refractivity contribution is 5.93. The molecule has 0 bridgehead atoms. The predicted octanol–water partition coefficient (Wildman–Crippen LogP) is 1.64. The first-order chi connectivity index (χ1) is 12.5. The van der Waals surface area contributed by atoms with Gasteiger partial charge in [0, 0.05) is 17.7 Å². The number of rotatable bonds is 6. The van der Waals surface area contributed by atoms with Gasteiger partial charge in [-0.3, -0.25) is 14.6 Å². The van der Waals surface area contributed by atoms with E-state index in [0.717, 1.165) is 12.8 Å². The maximum atomic E-state index is 11.7. The molecule has 1 aliphatic carbocycles. The standard InChI is InChI=1S/C17H16N6O3/c1-9(17(25)26)22-12-4-11(6-19-13(12)5-18)14-7-21-15(8-20-14)23-16(24)10-2-3-10/h4,6-10,22H,2-3H2,1H3,(H,25,26)(H,21,23,24). The van der Waals surface area contributed by atoms with Crippen LogP contribution in [0.4, 0.5) is 11.5 Å². The predicted molar refractivity (Wildman–Crippen MR) is 92.1 cm³/mol. The van der Waals surface area contributed by atoms with Gasteiger partial charge in [-0.15, -0.1) is 0 Å². The Kier molecular flexibility index (Phi) is 4.75. The number of pyridine rings is 1. The maximum absolute atomic E-state index is 11.7. The van der Waals surface area contributed by atoms with Crippen LogP contribution in [0.3, 0.4) is 0 Å². The number of amides is 1. The van der Waals surface area contributed by atoms with Crippen LogP contribution < -0.4 is 10.6 Å². The van der Waals surface area contributed by atoms with Gasteiger partial charge in [-0.2, -0.15) is 5.26 Å². The Morgan fingerprint density at radius 1 is 1.27 bits per heavy atom. The second kappa shape index (κ2) is 7.14. The third-order valence-electron chi connectivity index (χ3n) is 3.88. The summed E-state index contributed by atoms with van der Waals surface area (Å²) in [5.41, 5.74) is 1.44. The van der Waals surface area contributed by atoms with Crippen LogP contribution in [0.25, 0.3) is 11.3 Å². The molecule has 1 aliphatic rings. The van der Waals surface area contributed by atoms with Crippen molar-refractivity contribution in [1.29, 1.82) is 5.26 Å². The normalized spacial score (nSPS) is 14.2. The van der Waals surface area contributed by atoms with Crippen LogP contribution in [0.5, 0.6) is 0 Å². The van der Waals surface area contributed by atoms with E-state index in [1.807, 2.05) is 6.07 Å². The number of carboxylic acids is 1. The van der Waals surface area contributed by atoms with Crippen molar-refractivity contribution in [3.05, 3.63) is 30.4 Å². The molecule has 0 spiro atoms. The van der Waals surface area contributed by atoms with Crippen molar-refractivity contribution in [3.63, 3.8) is 0 Å². The van der Waals surface area contributed by atoms with E-state index in [0.29, 0.717) is 22.8 Å². The number of nitriles is 1. The van der Waals surface area contributed by atoms with Gasteiger partial charge in [0.15, 0.2) is 11.5 Å². The third kappa shape index (κ3) is 3.92. The summed E-state index contributed by atoms with van der Waals surface area (Å²) in [5, 5.41) is 23.6. The third-order valence-corrected chi connectivity index (χ3v) is 3.88. The van der Waals surface area contributed by atoms with Crippen molar-refractivity contribution in [2.75, 3.05) is 10.6 Å². The fourth-order valence-corrected chi connectivity index (χ4v) is 2.21. The highest BCUT2D eigenvalue weighted by Gasteiger charge is 2.29. The van der Waals surface area contributed by atoms with Gasteiger partial charge in [-0.05, 0) is 25.8 Å². The Morgan fingerprint density at radius 3 is 2.62 bits per heavy atom. The summed E-state index contributed by atoms with van der Waals surface area (Å²) >= 11 is 0. The van der Waals surface area contributed by atoms with Gasteiger partial charge < -0.3 is 15.7 Å². The first kappa shape index (κ1) is 17.3. The molecule has 1 amide bonds. The van der Waals surface area contributed by atoms with E-state index in [1.165, 1.54) is 25.5 Å².